The fourth-order valence-electron chi connectivity index (χ4n) is 10.6. The van der Waals surface area contributed by atoms with E-state index in [4.69, 9.17) is 0 Å². The molecule has 2 heteroatoms. The summed E-state index contributed by atoms with van der Waals surface area (Å²) in [7, 11) is 0. The van der Waals surface area contributed by atoms with Gasteiger partial charge in [0.05, 0.1) is 0 Å². The minimum Gasteiger partial charge on any atom is -0.341 e. The standard InChI is InChI=1S/C58H44N2/c1-5-23-45-39(15-1)19-11-27-47(45)48-25-7-8-26-50(48)58-52-34-32-43(59-35-13-21-41-17-3-9-29-55(41)59)37-53(52)57(49-28-12-20-40-16-2-6-24-46(40)49)51-33-31-44(38-54(51)58)60-36-14-22-42-18-4-10-30-56(42)60/h1-12,15-20,23-34,37-38H,13-14,21-22,35-36H2. The highest BCUT2D eigenvalue weighted by atomic mass is 15.1. The number of fused-ring (bicyclic) bond motifs is 6. The molecule has 0 amide bonds. The summed E-state index contributed by atoms with van der Waals surface area (Å²) in [5.41, 5.74) is 15.6. The molecule has 0 unspecified atom stereocenters. The fourth-order valence-corrected chi connectivity index (χ4v) is 10.6. The summed E-state index contributed by atoms with van der Waals surface area (Å²) in [5.74, 6) is 0. The van der Waals surface area contributed by atoms with Crippen LogP contribution in [0.2, 0.25) is 0 Å². The molecule has 2 aliphatic rings. The lowest BCUT2D eigenvalue weighted by atomic mass is 9.82. The van der Waals surface area contributed by atoms with Gasteiger partial charge in [-0.05, 0) is 150 Å². The van der Waals surface area contributed by atoms with Crippen LogP contribution < -0.4 is 9.80 Å². The van der Waals surface area contributed by atoms with Crippen LogP contribution in [0.1, 0.15) is 24.0 Å². The number of hydrogen-bond acceptors (Lipinski definition) is 2. The summed E-state index contributed by atoms with van der Waals surface area (Å²) in [5, 5.41) is 10.1. The van der Waals surface area contributed by atoms with Crippen molar-refractivity contribution in [3.8, 4) is 33.4 Å². The molecule has 12 rings (SSSR count). The Balaban J connectivity index is 1.22. The molecule has 0 spiro atoms. The van der Waals surface area contributed by atoms with Crippen molar-refractivity contribution >= 4 is 65.8 Å². The molecule has 286 valence electrons. The van der Waals surface area contributed by atoms with Gasteiger partial charge in [-0.3, -0.25) is 0 Å². The van der Waals surface area contributed by atoms with Crippen LogP contribution in [0.5, 0.6) is 0 Å². The molecule has 0 aliphatic carbocycles. The zero-order chi connectivity index (χ0) is 39.6. The third-order valence-electron chi connectivity index (χ3n) is 13.3. The molecule has 0 atom stereocenters. The largest absolute Gasteiger partial charge is 0.341 e. The van der Waals surface area contributed by atoms with Crippen molar-refractivity contribution in [2.24, 2.45) is 0 Å². The smallest absolute Gasteiger partial charge is 0.0443 e. The Hall–Kier alpha value is -7.16. The summed E-state index contributed by atoms with van der Waals surface area (Å²) in [6, 6.07) is 73.0. The lowest BCUT2D eigenvalue weighted by Gasteiger charge is -2.33. The van der Waals surface area contributed by atoms with Crippen LogP contribution in [0.15, 0.2) is 194 Å². The van der Waals surface area contributed by atoms with Gasteiger partial charge in [0.15, 0.2) is 0 Å². The van der Waals surface area contributed by atoms with E-state index < -0.39 is 0 Å². The Morgan fingerprint density at radius 2 is 0.733 bits per heavy atom. The highest BCUT2D eigenvalue weighted by Crippen LogP contribution is 2.50. The molecule has 2 nitrogen and oxygen atoms in total. The first kappa shape index (κ1) is 34.8. The second-order valence-corrected chi connectivity index (χ2v) is 16.6. The van der Waals surface area contributed by atoms with E-state index >= 15 is 0 Å². The van der Waals surface area contributed by atoms with Crippen LogP contribution >= 0.6 is 0 Å². The summed E-state index contributed by atoms with van der Waals surface area (Å²) >= 11 is 0. The molecule has 0 fully saturated rings. The van der Waals surface area contributed by atoms with Gasteiger partial charge in [0.25, 0.3) is 0 Å². The van der Waals surface area contributed by atoms with Crippen molar-refractivity contribution in [1.82, 2.24) is 0 Å². The van der Waals surface area contributed by atoms with E-state index in [-0.39, 0.29) is 0 Å². The van der Waals surface area contributed by atoms with Crippen LogP contribution in [0.4, 0.5) is 22.7 Å². The van der Waals surface area contributed by atoms with E-state index in [0.29, 0.717) is 0 Å². The fraction of sp³-hybridized carbons (Fsp3) is 0.103. The monoisotopic (exact) mass is 768 g/mol. The molecule has 0 bridgehead atoms. The number of para-hydroxylation sites is 2. The van der Waals surface area contributed by atoms with Crippen LogP contribution in [-0.2, 0) is 12.8 Å². The van der Waals surface area contributed by atoms with Gasteiger partial charge in [0.1, 0.15) is 0 Å². The van der Waals surface area contributed by atoms with Crippen molar-refractivity contribution in [3.63, 3.8) is 0 Å². The maximum Gasteiger partial charge on any atom is 0.0443 e. The second-order valence-electron chi connectivity index (χ2n) is 16.6. The first-order chi connectivity index (χ1) is 29.8. The average molecular weight is 769 g/mol. The SMILES string of the molecule is c1ccc2c(c1)CCCN2c1ccc2c(-c3cccc4ccccc34)c3cc(N4CCCc5ccccc54)ccc3c(-c3ccccc3-c3cccc4ccccc34)c2c1. The van der Waals surface area contributed by atoms with E-state index in [1.165, 1.54) is 110 Å². The zero-order valence-electron chi connectivity index (χ0n) is 33.6. The van der Waals surface area contributed by atoms with E-state index in [2.05, 4.69) is 204 Å². The normalized spacial score (nSPS) is 13.9. The van der Waals surface area contributed by atoms with Crippen molar-refractivity contribution in [2.45, 2.75) is 25.7 Å². The van der Waals surface area contributed by atoms with Crippen LogP contribution in [-0.4, -0.2) is 13.1 Å². The molecular weight excluding hydrogens is 725 g/mol. The Labute approximate surface area is 351 Å². The van der Waals surface area contributed by atoms with E-state index in [9.17, 15) is 0 Å². The molecule has 0 saturated heterocycles. The van der Waals surface area contributed by atoms with Crippen molar-refractivity contribution in [1.29, 1.82) is 0 Å². The number of rotatable bonds is 5. The number of nitrogens with zero attached hydrogens (tertiary/aromatic N) is 2. The average Bonchev–Trinajstić information content (AvgIpc) is 3.32. The number of aryl methyl sites for hydroxylation is 2. The van der Waals surface area contributed by atoms with Gasteiger partial charge in [-0.1, -0.05) is 158 Å². The summed E-state index contributed by atoms with van der Waals surface area (Å²) in [4.78, 5) is 5.10. The van der Waals surface area contributed by atoms with Gasteiger partial charge in [0.2, 0.25) is 0 Å². The molecule has 10 aromatic carbocycles. The third kappa shape index (κ3) is 5.62. The molecule has 0 aromatic heterocycles. The van der Waals surface area contributed by atoms with Gasteiger partial charge in [0, 0.05) is 35.8 Å². The first-order valence-electron chi connectivity index (χ1n) is 21.6. The summed E-state index contributed by atoms with van der Waals surface area (Å²) in [6.45, 7) is 1.99. The zero-order valence-corrected chi connectivity index (χ0v) is 33.6. The Morgan fingerprint density at radius 1 is 0.300 bits per heavy atom. The summed E-state index contributed by atoms with van der Waals surface area (Å²) < 4.78 is 0. The van der Waals surface area contributed by atoms with Crippen LogP contribution in [0, 0.1) is 0 Å². The Morgan fingerprint density at radius 3 is 1.33 bits per heavy atom. The Bertz CT molecular complexity index is 3290. The molecule has 60 heavy (non-hydrogen) atoms. The van der Waals surface area contributed by atoms with Gasteiger partial charge in [-0.2, -0.15) is 0 Å². The van der Waals surface area contributed by atoms with Gasteiger partial charge >= 0.3 is 0 Å². The van der Waals surface area contributed by atoms with Gasteiger partial charge < -0.3 is 9.80 Å². The predicted octanol–water partition coefficient (Wildman–Crippen LogP) is 15.5. The molecule has 0 N–H and O–H groups in total. The Kier molecular flexibility index (Phi) is 8.30. The summed E-state index contributed by atoms with van der Waals surface area (Å²) in [6.07, 6.45) is 4.50. The van der Waals surface area contributed by atoms with Gasteiger partial charge in [-0.15, -0.1) is 0 Å². The molecule has 2 heterocycles. The predicted molar refractivity (Wildman–Crippen MR) is 256 cm³/mol. The van der Waals surface area contributed by atoms with Crippen LogP contribution in [0.25, 0.3) is 76.5 Å². The number of anilines is 4. The third-order valence-corrected chi connectivity index (χ3v) is 13.3. The highest BCUT2D eigenvalue weighted by Gasteiger charge is 2.25. The van der Waals surface area contributed by atoms with E-state index in [0.717, 1.165) is 38.8 Å². The highest BCUT2D eigenvalue weighted by molar-refractivity contribution is 6.25. The minimum absolute atomic E-state index is 0.995. The molecule has 0 radical (unpaired) electrons. The van der Waals surface area contributed by atoms with E-state index in [1.807, 2.05) is 0 Å². The minimum atomic E-state index is 0.995. The molecular formula is C58H44N2. The number of benzene rings is 10. The van der Waals surface area contributed by atoms with Crippen molar-refractivity contribution in [2.75, 3.05) is 22.9 Å². The second kappa shape index (κ2) is 14.3. The topological polar surface area (TPSA) is 6.48 Å². The first-order valence-corrected chi connectivity index (χ1v) is 21.6. The lowest BCUT2D eigenvalue weighted by molar-refractivity contribution is 0.767. The van der Waals surface area contributed by atoms with Gasteiger partial charge in [-0.25, -0.2) is 0 Å². The molecule has 0 saturated carbocycles. The lowest BCUT2D eigenvalue weighted by Crippen LogP contribution is -2.24. The number of hydrogen-bond donors (Lipinski definition) is 0. The molecule has 10 aromatic rings. The van der Waals surface area contributed by atoms with E-state index in [1.54, 1.807) is 0 Å². The quantitative estimate of drug-likeness (QED) is 0.161. The van der Waals surface area contributed by atoms with Crippen molar-refractivity contribution in [3.05, 3.63) is 205 Å². The van der Waals surface area contributed by atoms with Crippen LogP contribution in [0.3, 0.4) is 0 Å². The maximum atomic E-state index is 2.55. The molecule has 2 aliphatic heterocycles. The van der Waals surface area contributed by atoms with Crippen molar-refractivity contribution < 1.29 is 0 Å². The maximum absolute atomic E-state index is 2.55.